The fourth-order valence-electron chi connectivity index (χ4n) is 2.79. The number of hydrogen-bond donors (Lipinski definition) is 2. The molecule has 0 atom stereocenters. The Morgan fingerprint density at radius 1 is 0.944 bits per heavy atom. The van der Waals surface area contributed by atoms with E-state index >= 15 is 0 Å². The van der Waals surface area contributed by atoms with Crippen LogP contribution < -0.4 is 10.6 Å². The van der Waals surface area contributed by atoms with Crippen LogP contribution in [0.1, 0.15) is 6.42 Å². The van der Waals surface area contributed by atoms with Gasteiger partial charge in [0, 0.05) is 16.8 Å². The molecule has 2 aromatic rings. The molecular formula is C16H14N2. The molecule has 0 saturated carbocycles. The number of nitrogens with one attached hydrogen (secondary N) is 2. The van der Waals surface area contributed by atoms with Crippen LogP contribution in [0.2, 0.25) is 0 Å². The molecule has 0 bridgehead atoms. The van der Waals surface area contributed by atoms with E-state index in [1.54, 1.807) is 0 Å². The molecule has 0 saturated heterocycles. The third-order valence-corrected chi connectivity index (χ3v) is 3.64. The third-order valence-electron chi connectivity index (χ3n) is 3.64. The highest BCUT2D eigenvalue weighted by molar-refractivity contribution is 6.05. The summed E-state index contributed by atoms with van der Waals surface area (Å²) in [4.78, 5) is 0. The normalized spacial score (nSPS) is 17.4. The first-order valence-corrected chi connectivity index (χ1v) is 6.33. The molecule has 2 N–H and O–H groups in total. The highest BCUT2D eigenvalue weighted by Gasteiger charge is 2.21. The van der Waals surface area contributed by atoms with Crippen molar-refractivity contribution in [1.82, 2.24) is 0 Å². The highest BCUT2D eigenvalue weighted by Crippen LogP contribution is 2.36. The number of allylic oxidation sites excluding steroid dienone is 2. The van der Waals surface area contributed by atoms with E-state index in [0.717, 1.165) is 6.42 Å². The van der Waals surface area contributed by atoms with Crippen molar-refractivity contribution >= 4 is 22.1 Å². The molecule has 2 aromatic carbocycles. The molecule has 1 aliphatic carbocycles. The lowest BCUT2D eigenvalue weighted by atomic mass is 10.0. The molecule has 1 heterocycles. The molecule has 2 nitrogen and oxygen atoms in total. The smallest absolute Gasteiger partial charge is 0.123 e. The zero-order chi connectivity index (χ0) is 11.9. The molecular weight excluding hydrogens is 220 g/mol. The zero-order valence-electron chi connectivity index (χ0n) is 9.98. The van der Waals surface area contributed by atoms with Gasteiger partial charge in [-0.15, -0.1) is 0 Å². The van der Waals surface area contributed by atoms with E-state index < -0.39 is 0 Å². The summed E-state index contributed by atoms with van der Waals surface area (Å²) in [7, 11) is 0. The molecule has 2 heteroatoms. The van der Waals surface area contributed by atoms with Gasteiger partial charge in [0.25, 0.3) is 0 Å². The van der Waals surface area contributed by atoms with Gasteiger partial charge in [-0.2, -0.15) is 0 Å². The molecule has 0 radical (unpaired) electrons. The Hall–Kier alpha value is -2.22. The first kappa shape index (κ1) is 9.77. The molecule has 0 amide bonds. The Morgan fingerprint density at radius 3 is 2.28 bits per heavy atom. The SMILES string of the molecule is C1=CC(C2Nc3cccc4cccc(c34)N2)=CC1. The van der Waals surface area contributed by atoms with E-state index in [-0.39, 0.29) is 6.17 Å². The Kier molecular flexibility index (Phi) is 1.97. The molecule has 1 aliphatic heterocycles. The topological polar surface area (TPSA) is 24.1 Å². The van der Waals surface area contributed by atoms with E-state index in [2.05, 4.69) is 65.3 Å². The van der Waals surface area contributed by atoms with Crippen LogP contribution in [0.15, 0.2) is 60.2 Å². The van der Waals surface area contributed by atoms with Gasteiger partial charge >= 0.3 is 0 Å². The van der Waals surface area contributed by atoms with Crippen LogP contribution in [0.5, 0.6) is 0 Å². The summed E-state index contributed by atoms with van der Waals surface area (Å²) in [6.45, 7) is 0. The van der Waals surface area contributed by atoms with Crippen molar-refractivity contribution in [2.75, 3.05) is 10.6 Å². The Labute approximate surface area is 106 Å². The van der Waals surface area contributed by atoms with Gasteiger partial charge in [-0.05, 0) is 29.5 Å². The van der Waals surface area contributed by atoms with Gasteiger partial charge in [-0.3, -0.25) is 0 Å². The van der Waals surface area contributed by atoms with Gasteiger partial charge in [-0.1, -0.05) is 42.5 Å². The van der Waals surface area contributed by atoms with Crippen molar-refractivity contribution in [2.24, 2.45) is 0 Å². The van der Waals surface area contributed by atoms with Gasteiger partial charge in [0.2, 0.25) is 0 Å². The second-order valence-electron chi connectivity index (χ2n) is 4.77. The minimum atomic E-state index is 0.184. The van der Waals surface area contributed by atoms with E-state index in [1.165, 1.54) is 27.7 Å². The van der Waals surface area contributed by atoms with Crippen molar-refractivity contribution in [2.45, 2.75) is 12.6 Å². The van der Waals surface area contributed by atoms with E-state index in [9.17, 15) is 0 Å². The van der Waals surface area contributed by atoms with Crippen LogP contribution in [-0.4, -0.2) is 6.17 Å². The second-order valence-corrected chi connectivity index (χ2v) is 4.77. The lowest BCUT2D eigenvalue weighted by molar-refractivity contribution is 0.963. The minimum Gasteiger partial charge on any atom is -0.361 e. The molecule has 0 spiro atoms. The molecule has 88 valence electrons. The lowest BCUT2D eigenvalue weighted by Crippen LogP contribution is -2.32. The van der Waals surface area contributed by atoms with Gasteiger partial charge in [0.05, 0.1) is 0 Å². The van der Waals surface area contributed by atoms with Crippen LogP contribution >= 0.6 is 0 Å². The van der Waals surface area contributed by atoms with Crippen molar-refractivity contribution in [1.29, 1.82) is 0 Å². The predicted molar refractivity (Wildman–Crippen MR) is 76.8 cm³/mol. The maximum absolute atomic E-state index is 3.57. The van der Waals surface area contributed by atoms with Gasteiger partial charge in [0.15, 0.2) is 0 Å². The Balaban J connectivity index is 1.86. The van der Waals surface area contributed by atoms with Crippen molar-refractivity contribution in [3.05, 3.63) is 60.2 Å². The van der Waals surface area contributed by atoms with E-state index in [1.807, 2.05) is 0 Å². The molecule has 2 aliphatic rings. The number of anilines is 2. The fraction of sp³-hybridized carbons (Fsp3) is 0.125. The monoisotopic (exact) mass is 234 g/mol. The first-order valence-electron chi connectivity index (χ1n) is 6.33. The minimum absolute atomic E-state index is 0.184. The largest absolute Gasteiger partial charge is 0.361 e. The maximum Gasteiger partial charge on any atom is 0.123 e. The molecule has 18 heavy (non-hydrogen) atoms. The third kappa shape index (κ3) is 1.35. The van der Waals surface area contributed by atoms with Crippen molar-refractivity contribution in [3.63, 3.8) is 0 Å². The van der Waals surface area contributed by atoms with Crippen LogP contribution in [0, 0.1) is 0 Å². The highest BCUT2D eigenvalue weighted by atomic mass is 15.1. The molecule has 4 rings (SSSR count). The number of benzene rings is 2. The predicted octanol–water partition coefficient (Wildman–Crippen LogP) is 3.89. The van der Waals surface area contributed by atoms with Crippen LogP contribution in [0.3, 0.4) is 0 Å². The Morgan fingerprint density at radius 2 is 1.67 bits per heavy atom. The summed E-state index contributed by atoms with van der Waals surface area (Å²) < 4.78 is 0. The Bertz CT molecular complexity index is 642. The van der Waals surface area contributed by atoms with Crippen LogP contribution in [-0.2, 0) is 0 Å². The van der Waals surface area contributed by atoms with E-state index in [4.69, 9.17) is 0 Å². The summed E-state index contributed by atoms with van der Waals surface area (Å²) >= 11 is 0. The summed E-state index contributed by atoms with van der Waals surface area (Å²) in [6.07, 6.45) is 7.88. The average Bonchev–Trinajstić information content (AvgIpc) is 2.93. The molecule has 0 aromatic heterocycles. The molecule has 0 fully saturated rings. The second kappa shape index (κ2) is 3.64. The zero-order valence-corrected chi connectivity index (χ0v) is 9.98. The van der Waals surface area contributed by atoms with Gasteiger partial charge in [0.1, 0.15) is 6.17 Å². The van der Waals surface area contributed by atoms with Crippen molar-refractivity contribution in [3.8, 4) is 0 Å². The maximum atomic E-state index is 3.57. The average molecular weight is 234 g/mol. The van der Waals surface area contributed by atoms with Crippen LogP contribution in [0.25, 0.3) is 10.8 Å². The van der Waals surface area contributed by atoms with Gasteiger partial charge < -0.3 is 10.6 Å². The summed E-state index contributed by atoms with van der Waals surface area (Å²) in [6, 6.07) is 12.8. The molecule has 0 unspecified atom stereocenters. The number of rotatable bonds is 1. The fourth-order valence-corrected chi connectivity index (χ4v) is 2.79. The van der Waals surface area contributed by atoms with E-state index in [0.29, 0.717) is 0 Å². The quantitative estimate of drug-likeness (QED) is 0.782. The number of hydrogen-bond acceptors (Lipinski definition) is 2. The van der Waals surface area contributed by atoms with Gasteiger partial charge in [-0.25, -0.2) is 0 Å². The lowest BCUT2D eigenvalue weighted by Gasteiger charge is -2.29. The first-order chi connectivity index (χ1) is 8.92. The summed E-state index contributed by atoms with van der Waals surface area (Å²) in [5, 5.41) is 9.71. The standard InChI is InChI=1S/C16H14N2/c1-2-6-12(5-1)16-17-13-9-3-7-11-8-4-10-14(18-16)15(11)13/h1,3-10,16-18H,2H2. The summed E-state index contributed by atoms with van der Waals surface area (Å²) in [5.74, 6) is 0. The van der Waals surface area contributed by atoms with Crippen molar-refractivity contribution < 1.29 is 0 Å². The summed E-state index contributed by atoms with van der Waals surface area (Å²) in [5.41, 5.74) is 3.75. The van der Waals surface area contributed by atoms with Crippen LogP contribution in [0.4, 0.5) is 11.4 Å².